The number of sulfonamides is 1. The van der Waals surface area contributed by atoms with Gasteiger partial charge in [0.15, 0.2) is 0 Å². The Labute approximate surface area is 127 Å². The Morgan fingerprint density at radius 1 is 1.24 bits per heavy atom. The highest BCUT2D eigenvalue weighted by Crippen LogP contribution is 2.30. The number of halogens is 1. The summed E-state index contributed by atoms with van der Waals surface area (Å²) in [5.41, 5.74) is 5.99. The summed E-state index contributed by atoms with van der Waals surface area (Å²) >= 11 is 0. The summed E-state index contributed by atoms with van der Waals surface area (Å²) in [5.74, 6) is -0.427. The van der Waals surface area contributed by atoms with Crippen LogP contribution in [0.5, 0.6) is 0 Å². The van der Waals surface area contributed by atoms with Crippen molar-refractivity contribution in [3.05, 3.63) is 29.1 Å². The predicted octanol–water partition coefficient (Wildman–Crippen LogP) is 2.58. The molecular formula is C15H25FN2O2S. The lowest BCUT2D eigenvalue weighted by atomic mass is 9.99. The molecule has 1 aromatic carbocycles. The average Bonchev–Trinajstić information content (AvgIpc) is 2.37. The zero-order chi connectivity index (χ0) is 16.4. The van der Waals surface area contributed by atoms with E-state index in [9.17, 15) is 12.8 Å². The molecule has 0 radical (unpaired) electrons. The van der Waals surface area contributed by atoms with Crippen LogP contribution in [0, 0.1) is 19.7 Å². The summed E-state index contributed by atoms with van der Waals surface area (Å²) in [6.07, 6.45) is 0.607. The van der Waals surface area contributed by atoms with Gasteiger partial charge in [-0.05, 0) is 50.5 Å². The molecule has 0 fully saturated rings. The second-order valence-electron chi connectivity index (χ2n) is 5.59. The van der Waals surface area contributed by atoms with E-state index < -0.39 is 21.4 Å². The Bertz CT molecular complexity index is 587. The fraction of sp³-hybridized carbons (Fsp3) is 0.600. The minimum atomic E-state index is -3.72. The maximum atomic E-state index is 13.4. The van der Waals surface area contributed by atoms with Crippen molar-refractivity contribution >= 4 is 10.0 Å². The molecular weight excluding hydrogens is 291 g/mol. The Balaban J connectivity index is 3.53. The van der Waals surface area contributed by atoms with Crippen LogP contribution in [0.25, 0.3) is 0 Å². The number of likely N-dealkylation sites (N-methyl/N-ethyl adjacent to an activating group) is 1. The van der Waals surface area contributed by atoms with Crippen molar-refractivity contribution in [1.82, 2.24) is 4.31 Å². The van der Waals surface area contributed by atoms with Gasteiger partial charge in [0, 0.05) is 18.6 Å². The van der Waals surface area contributed by atoms with E-state index in [4.69, 9.17) is 5.73 Å². The summed E-state index contributed by atoms with van der Waals surface area (Å²) in [4.78, 5) is 0.180. The number of aryl methyl sites for hydroxylation is 2. The van der Waals surface area contributed by atoms with Gasteiger partial charge in [0.1, 0.15) is 5.82 Å². The molecule has 0 aliphatic heterocycles. The van der Waals surface area contributed by atoms with Crippen LogP contribution in [0.1, 0.15) is 38.3 Å². The first-order valence-corrected chi connectivity index (χ1v) is 8.57. The SMILES string of the molecule is CCN(C(C)(CC)CN)S(=O)(=O)c1c(C)cc(F)cc1C. The van der Waals surface area contributed by atoms with Crippen LogP contribution in [0.3, 0.4) is 0 Å². The fourth-order valence-electron chi connectivity index (χ4n) is 2.68. The molecule has 1 unspecified atom stereocenters. The highest BCUT2D eigenvalue weighted by molar-refractivity contribution is 7.89. The third-order valence-electron chi connectivity index (χ3n) is 4.06. The lowest BCUT2D eigenvalue weighted by Crippen LogP contribution is -2.53. The van der Waals surface area contributed by atoms with Gasteiger partial charge >= 0.3 is 0 Å². The molecule has 0 aromatic heterocycles. The molecule has 4 nitrogen and oxygen atoms in total. The van der Waals surface area contributed by atoms with Gasteiger partial charge in [-0.1, -0.05) is 13.8 Å². The highest BCUT2D eigenvalue weighted by Gasteiger charge is 2.38. The maximum absolute atomic E-state index is 13.4. The quantitative estimate of drug-likeness (QED) is 0.877. The molecule has 0 saturated heterocycles. The summed E-state index contributed by atoms with van der Waals surface area (Å²) < 4.78 is 40.9. The van der Waals surface area contributed by atoms with Gasteiger partial charge in [-0.15, -0.1) is 0 Å². The van der Waals surface area contributed by atoms with Crippen molar-refractivity contribution in [3.8, 4) is 0 Å². The summed E-state index contributed by atoms with van der Waals surface area (Å²) in [6.45, 7) is 9.31. The number of rotatable bonds is 6. The van der Waals surface area contributed by atoms with Gasteiger partial charge in [0.05, 0.1) is 4.90 Å². The van der Waals surface area contributed by atoms with Crippen molar-refractivity contribution in [2.45, 2.75) is 51.5 Å². The second kappa shape index (κ2) is 6.42. The van der Waals surface area contributed by atoms with E-state index >= 15 is 0 Å². The van der Waals surface area contributed by atoms with E-state index in [2.05, 4.69) is 0 Å². The molecule has 1 atom stereocenters. The number of benzene rings is 1. The lowest BCUT2D eigenvalue weighted by molar-refractivity contribution is 0.214. The topological polar surface area (TPSA) is 63.4 Å². The van der Waals surface area contributed by atoms with Gasteiger partial charge in [-0.3, -0.25) is 0 Å². The molecule has 0 amide bonds. The Hall–Kier alpha value is -0.980. The van der Waals surface area contributed by atoms with Crippen LogP contribution in [-0.4, -0.2) is 31.4 Å². The molecule has 0 bridgehead atoms. The molecule has 0 aliphatic rings. The van der Waals surface area contributed by atoms with E-state index in [1.807, 2.05) is 13.8 Å². The fourth-order valence-corrected chi connectivity index (χ4v) is 4.95. The standard InChI is InChI=1S/C15H25FN2O2S/c1-6-15(5,10-17)18(7-2)21(19,20)14-11(3)8-13(16)9-12(14)4/h8-9H,6-7,10,17H2,1-5H3. The van der Waals surface area contributed by atoms with Gasteiger partial charge in [-0.25, -0.2) is 12.8 Å². The van der Waals surface area contributed by atoms with Gasteiger partial charge in [0.25, 0.3) is 0 Å². The average molecular weight is 316 g/mol. The predicted molar refractivity (Wildman–Crippen MR) is 83.2 cm³/mol. The molecule has 6 heteroatoms. The third-order valence-corrected chi connectivity index (χ3v) is 6.50. The van der Waals surface area contributed by atoms with E-state index in [1.165, 1.54) is 16.4 Å². The molecule has 1 aromatic rings. The monoisotopic (exact) mass is 316 g/mol. The lowest BCUT2D eigenvalue weighted by Gasteiger charge is -2.38. The number of nitrogens with two attached hydrogens (primary N) is 1. The van der Waals surface area contributed by atoms with E-state index in [0.29, 0.717) is 24.1 Å². The second-order valence-corrected chi connectivity index (χ2v) is 7.39. The van der Waals surface area contributed by atoms with Crippen LogP contribution in [0.15, 0.2) is 17.0 Å². The molecule has 21 heavy (non-hydrogen) atoms. The van der Waals surface area contributed by atoms with Crippen LogP contribution in [0.2, 0.25) is 0 Å². The van der Waals surface area contributed by atoms with Crippen molar-refractivity contribution in [1.29, 1.82) is 0 Å². The first kappa shape index (κ1) is 18.1. The third kappa shape index (κ3) is 3.27. The molecule has 120 valence electrons. The van der Waals surface area contributed by atoms with E-state index in [-0.39, 0.29) is 11.4 Å². The Morgan fingerprint density at radius 2 is 1.71 bits per heavy atom. The first-order valence-electron chi connectivity index (χ1n) is 7.13. The smallest absolute Gasteiger partial charge is 0.244 e. The van der Waals surface area contributed by atoms with Gasteiger partial charge in [0.2, 0.25) is 10.0 Å². The maximum Gasteiger partial charge on any atom is 0.244 e. The van der Waals surface area contributed by atoms with Gasteiger partial charge < -0.3 is 5.73 Å². The van der Waals surface area contributed by atoms with Crippen LogP contribution >= 0.6 is 0 Å². The molecule has 1 rings (SSSR count). The summed E-state index contributed by atoms with van der Waals surface area (Å²) in [5, 5.41) is 0. The molecule has 2 N–H and O–H groups in total. The number of hydrogen-bond donors (Lipinski definition) is 1. The van der Waals surface area contributed by atoms with E-state index in [0.717, 1.165) is 0 Å². The normalized spacial score (nSPS) is 15.2. The number of nitrogens with zero attached hydrogens (tertiary/aromatic N) is 1. The summed E-state index contributed by atoms with van der Waals surface area (Å²) in [6, 6.07) is 2.50. The Kier molecular flexibility index (Phi) is 5.52. The van der Waals surface area contributed by atoms with Crippen molar-refractivity contribution in [2.75, 3.05) is 13.1 Å². The molecule has 0 saturated carbocycles. The number of hydrogen-bond acceptors (Lipinski definition) is 3. The molecule has 0 spiro atoms. The first-order chi connectivity index (χ1) is 9.63. The minimum absolute atomic E-state index is 0.180. The zero-order valence-corrected chi connectivity index (χ0v) is 14.2. The van der Waals surface area contributed by atoms with Crippen LogP contribution < -0.4 is 5.73 Å². The van der Waals surface area contributed by atoms with E-state index in [1.54, 1.807) is 20.8 Å². The molecule has 0 heterocycles. The largest absolute Gasteiger partial charge is 0.329 e. The molecule has 0 aliphatic carbocycles. The highest BCUT2D eigenvalue weighted by atomic mass is 32.2. The van der Waals surface area contributed by atoms with Crippen LogP contribution in [-0.2, 0) is 10.0 Å². The Morgan fingerprint density at radius 3 is 2.05 bits per heavy atom. The van der Waals surface area contributed by atoms with Gasteiger partial charge in [-0.2, -0.15) is 4.31 Å². The van der Waals surface area contributed by atoms with Crippen LogP contribution in [0.4, 0.5) is 4.39 Å². The van der Waals surface area contributed by atoms with Crippen molar-refractivity contribution < 1.29 is 12.8 Å². The zero-order valence-electron chi connectivity index (χ0n) is 13.4. The van der Waals surface area contributed by atoms with Crippen molar-refractivity contribution in [3.63, 3.8) is 0 Å². The summed E-state index contributed by atoms with van der Waals surface area (Å²) in [7, 11) is -3.72. The van der Waals surface area contributed by atoms with Crippen molar-refractivity contribution in [2.24, 2.45) is 5.73 Å². The minimum Gasteiger partial charge on any atom is -0.329 e.